The van der Waals surface area contributed by atoms with E-state index in [0.29, 0.717) is 0 Å². The minimum atomic E-state index is -0.492. The second kappa shape index (κ2) is 6.17. The predicted octanol–water partition coefficient (Wildman–Crippen LogP) is 1.79. The largest absolute Gasteiger partial charge is 0.444 e. The summed E-state index contributed by atoms with van der Waals surface area (Å²) in [5, 5.41) is 6.31. The lowest BCUT2D eigenvalue weighted by atomic mass is 9.96. The molecule has 1 aliphatic heterocycles. The molecule has 1 aliphatic rings. The van der Waals surface area contributed by atoms with Crippen LogP contribution in [0.15, 0.2) is 18.6 Å². The van der Waals surface area contributed by atoms with Crippen LogP contribution in [0.3, 0.4) is 0 Å². The topological polar surface area (TPSA) is 76.1 Å². The summed E-state index contributed by atoms with van der Waals surface area (Å²) in [6.45, 7) is 6.47. The van der Waals surface area contributed by atoms with E-state index in [2.05, 4.69) is 20.6 Å². The van der Waals surface area contributed by atoms with E-state index in [1.54, 1.807) is 18.6 Å². The van der Waals surface area contributed by atoms with Gasteiger partial charge in [0, 0.05) is 12.4 Å². The molecule has 1 saturated heterocycles. The van der Waals surface area contributed by atoms with E-state index in [-0.39, 0.29) is 18.2 Å². The van der Waals surface area contributed by atoms with Gasteiger partial charge in [0.2, 0.25) is 0 Å². The van der Waals surface area contributed by atoms with Gasteiger partial charge in [0.1, 0.15) is 5.60 Å². The first-order chi connectivity index (χ1) is 9.46. The molecule has 0 unspecified atom stereocenters. The van der Waals surface area contributed by atoms with Crippen molar-refractivity contribution >= 4 is 6.09 Å². The molecule has 2 heterocycles. The van der Waals surface area contributed by atoms with Gasteiger partial charge in [-0.2, -0.15) is 0 Å². The molecule has 1 fully saturated rings. The summed E-state index contributed by atoms with van der Waals surface area (Å²) in [4.78, 5) is 20.3. The Labute approximate surface area is 119 Å². The van der Waals surface area contributed by atoms with Crippen LogP contribution in [-0.2, 0) is 4.74 Å². The average Bonchev–Trinajstić information content (AvgIpc) is 2.38. The highest BCUT2D eigenvalue weighted by Gasteiger charge is 2.30. The number of aromatic nitrogens is 2. The van der Waals surface area contributed by atoms with E-state index in [0.717, 1.165) is 25.1 Å². The van der Waals surface area contributed by atoms with Crippen LogP contribution >= 0.6 is 0 Å². The number of hydrogen-bond acceptors (Lipinski definition) is 5. The highest BCUT2D eigenvalue weighted by Crippen LogP contribution is 2.22. The number of hydrogen-bond donors (Lipinski definition) is 2. The number of nitrogens with zero attached hydrogens (tertiary/aromatic N) is 2. The average molecular weight is 278 g/mol. The summed E-state index contributed by atoms with van der Waals surface area (Å²) in [6, 6.07) is -0.0553. The van der Waals surface area contributed by atoms with Gasteiger partial charge in [-0.25, -0.2) is 4.79 Å². The van der Waals surface area contributed by atoms with Crippen LogP contribution in [0.5, 0.6) is 0 Å². The van der Waals surface area contributed by atoms with Crippen molar-refractivity contribution in [2.75, 3.05) is 6.54 Å². The highest BCUT2D eigenvalue weighted by molar-refractivity contribution is 5.68. The molecule has 1 aromatic rings. The number of ether oxygens (including phenoxy) is 1. The number of piperidine rings is 1. The fourth-order valence-corrected chi connectivity index (χ4v) is 2.28. The molecule has 2 rings (SSSR count). The van der Waals surface area contributed by atoms with E-state index >= 15 is 0 Å². The normalized spacial score (nSPS) is 23.1. The molecule has 2 N–H and O–H groups in total. The van der Waals surface area contributed by atoms with Crippen molar-refractivity contribution < 1.29 is 9.53 Å². The molecular weight excluding hydrogens is 256 g/mol. The van der Waals surface area contributed by atoms with Crippen LogP contribution in [0, 0.1) is 0 Å². The van der Waals surface area contributed by atoms with Gasteiger partial charge < -0.3 is 15.4 Å². The third-order valence-corrected chi connectivity index (χ3v) is 3.06. The van der Waals surface area contributed by atoms with Crippen LogP contribution in [0.25, 0.3) is 0 Å². The SMILES string of the molecule is CC(C)(C)OC(=O)N[C@@H]1CCCN[C@H]1c1cnccn1. The van der Waals surface area contributed by atoms with E-state index in [4.69, 9.17) is 4.74 Å². The second-order valence-electron chi connectivity index (χ2n) is 5.96. The van der Waals surface area contributed by atoms with Gasteiger partial charge in [-0.15, -0.1) is 0 Å². The maximum absolute atomic E-state index is 11.9. The molecule has 0 saturated carbocycles. The molecule has 0 radical (unpaired) electrons. The molecule has 1 amide bonds. The van der Waals surface area contributed by atoms with E-state index in [1.165, 1.54) is 0 Å². The van der Waals surface area contributed by atoms with Crippen molar-refractivity contribution in [1.29, 1.82) is 0 Å². The van der Waals surface area contributed by atoms with Crippen LogP contribution < -0.4 is 10.6 Å². The summed E-state index contributed by atoms with van der Waals surface area (Å²) in [7, 11) is 0. The van der Waals surface area contributed by atoms with Crippen LogP contribution in [0.2, 0.25) is 0 Å². The monoisotopic (exact) mass is 278 g/mol. The van der Waals surface area contributed by atoms with Crippen LogP contribution in [0.1, 0.15) is 45.3 Å². The molecule has 2 atom stereocenters. The molecule has 0 aromatic carbocycles. The fourth-order valence-electron chi connectivity index (χ4n) is 2.28. The summed E-state index contributed by atoms with van der Waals surface area (Å²) in [5.41, 5.74) is 0.349. The smallest absolute Gasteiger partial charge is 0.407 e. The van der Waals surface area contributed by atoms with Crippen molar-refractivity contribution in [2.45, 2.75) is 51.3 Å². The lowest BCUT2D eigenvalue weighted by Crippen LogP contribution is -2.49. The Morgan fingerprint density at radius 1 is 1.45 bits per heavy atom. The Morgan fingerprint density at radius 3 is 2.90 bits per heavy atom. The fraction of sp³-hybridized carbons (Fsp3) is 0.643. The molecule has 0 aliphatic carbocycles. The molecule has 20 heavy (non-hydrogen) atoms. The van der Waals surface area contributed by atoms with Gasteiger partial charge >= 0.3 is 6.09 Å². The third-order valence-electron chi connectivity index (χ3n) is 3.06. The van der Waals surface area contributed by atoms with Gasteiger partial charge in [0.05, 0.1) is 24.0 Å². The lowest BCUT2D eigenvalue weighted by Gasteiger charge is -2.33. The van der Waals surface area contributed by atoms with Gasteiger partial charge in [0.25, 0.3) is 0 Å². The summed E-state index contributed by atoms with van der Waals surface area (Å²) in [6.07, 6.45) is 6.55. The molecule has 6 nitrogen and oxygen atoms in total. The zero-order valence-corrected chi connectivity index (χ0v) is 12.2. The maximum Gasteiger partial charge on any atom is 0.407 e. The summed E-state index contributed by atoms with van der Waals surface area (Å²) >= 11 is 0. The number of nitrogens with one attached hydrogen (secondary N) is 2. The quantitative estimate of drug-likeness (QED) is 0.862. The Morgan fingerprint density at radius 2 is 2.25 bits per heavy atom. The van der Waals surface area contributed by atoms with Crippen LogP contribution in [0.4, 0.5) is 4.79 Å². The zero-order chi connectivity index (χ0) is 14.6. The first-order valence-corrected chi connectivity index (χ1v) is 6.94. The van der Waals surface area contributed by atoms with Crippen molar-refractivity contribution in [3.8, 4) is 0 Å². The number of amides is 1. The molecule has 1 aromatic heterocycles. The summed E-state index contributed by atoms with van der Waals surface area (Å²) in [5.74, 6) is 0. The van der Waals surface area contributed by atoms with Crippen LogP contribution in [-0.4, -0.2) is 34.2 Å². The standard InChI is InChI=1S/C14H22N4O2/c1-14(2,3)20-13(19)18-10-5-4-6-17-12(10)11-9-15-7-8-16-11/h7-10,12,17H,4-6H2,1-3H3,(H,18,19)/t10-,12-/m1/s1. The minimum Gasteiger partial charge on any atom is -0.444 e. The van der Waals surface area contributed by atoms with Crippen molar-refractivity contribution in [1.82, 2.24) is 20.6 Å². The predicted molar refractivity (Wildman–Crippen MR) is 75.2 cm³/mol. The lowest BCUT2D eigenvalue weighted by molar-refractivity contribution is 0.0480. The van der Waals surface area contributed by atoms with Crippen molar-refractivity contribution in [3.05, 3.63) is 24.3 Å². The van der Waals surface area contributed by atoms with Gasteiger partial charge in [-0.1, -0.05) is 0 Å². The Hall–Kier alpha value is -1.69. The number of carbonyl (C=O) groups is 1. The van der Waals surface area contributed by atoms with Gasteiger partial charge in [-0.05, 0) is 40.2 Å². The summed E-state index contributed by atoms with van der Waals surface area (Å²) < 4.78 is 5.31. The maximum atomic E-state index is 11.9. The van der Waals surface area contributed by atoms with E-state index < -0.39 is 5.60 Å². The molecule has 0 bridgehead atoms. The first kappa shape index (κ1) is 14.7. The van der Waals surface area contributed by atoms with Crippen molar-refractivity contribution in [2.24, 2.45) is 0 Å². The highest BCUT2D eigenvalue weighted by atomic mass is 16.6. The Balaban J connectivity index is 2.03. The zero-order valence-electron chi connectivity index (χ0n) is 12.2. The molecule has 6 heteroatoms. The third kappa shape index (κ3) is 4.16. The molecule has 0 spiro atoms. The Kier molecular flexibility index (Phi) is 4.54. The first-order valence-electron chi connectivity index (χ1n) is 6.94. The number of alkyl carbamates (subject to hydrolysis) is 1. The van der Waals surface area contributed by atoms with E-state index in [1.807, 2.05) is 20.8 Å². The minimum absolute atomic E-state index is 0.0232. The number of rotatable bonds is 2. The van der Waals surface area contributed by atoms with Crippen molar-refractivity contribution in [3.63, 3.8) is 0 Å². The van der Waals surface area contributed by atoms with E-state index in [9.17, 15) is 4.79 Å². The van der Waals surface area contributed by atoms with Gasteiger partial charge in [-0.3, -0.25) is 9.97 Å². The number of carbonyl (C=O) groups excluding carboxylic acids is 1. The second-order valence-corrected chi connectivity index (χ2v) is 5.96. The molecular formula is C14H22N4O2. The Bertz CT molecular complexity index is 444. The van der Waals surface area contributed by atoms with Gasteiger partial charge in [0.15, 0.2) is 0 Å². The molecule has 110 valence electrons.